The first kappa shape index (κ1) is 25.8. The fourth-order valence-corrected chi connectivity index (χ4v) is 4.67. The normalized spacial score (nSPS) is 14.8. The van der Waals surface area contributed by atoms with Crippen molar-refractivity contribution in [2.24, 2.45) is 0 Å². The van der Waals surface area contributed by atoms with Crippen molar-refractivity contribution in [2.45, 2.75) is 13.5 Å². The molecule has 6 nitrogen and oxygen atoms in total. The van der Waals surface area contributed by atoms with Crippen LogP contribution >= 0.6 is 34.8 Å². The Morgan fingerprint density at radius 2 is 1.68 bits per heavy atom. The molecule has 1 fully saturated rings. The van der Waals surface area contributed by atoms with Crippen LogP contribution in [0.3, 0.4) is 0 Å². The van der Waals surface area contributed by atoms with Crippen molar-refractivity contribution in [3.8, 4) is 5.75 Å². The van der Waals surface area contributed by atoms with Gasteiger partial charge in [0.05, 0.1) is 15.7 Å². The maximum Gasteiger partial charge on any atom is 0.335 e. The molecule has 1 saturated heterocycles. The van der Waals surface area contributed by atoms with Gasteiger partial charge in [0.15, 0.2) is 0 Å². The summed E-state index contributed by atoms with van der Waals surface area (Å²) in [5, 5.41) is 5.08. The van der Waals surface area contributed by atoms with E-state index in [0.29, 0.717) is 31.9 Å². The van der Waals surface area contributed by atoms with Gasteiger partial charge in [0, 0.05) is 10.6 Å². The van der Waals surface area contributed by atoms with Crippen molar-refractivity contribution >= 4 is 75.2 Å². The Kier molecular flexibility index (Phi) is 7.13. The minimum absolute atomic E-state index is 0.165. The Morgan fingerprint density at radius 3 is 2.47 bits per heavy atom. The third-order valence-electron chi connectivity index (χ3n) is 6.11. The number of nitrogens with one attached hydrogen (secondary N) is 1. The summed E-state index contributed by atoms with van der Waals surface area (Å²) in [6.07, 6.45) is 1.45. The molecule has 0 radical (unpaired) electrons. The first-order chi connectivity index (χ1) is 18.2. The summed E-state index contributed by atoms with van der Waals surface area (Å²) in [4.78, 5) is 40.1. The van der Waals surface area contributed by atoms with Gasteiger partial charge < -0.3 is 4.74 Å². The maximum atomic E-state index is 13.6. The number of urea groups is 1. The molecular weight excluding hydrogens is 547 g/mol. The van der Waals surface area contributed by atoms with Crippen molar-refractivity contribution in [2.75, 3.05) is 4.90 Å². The molecular formula is C29H19Cl3N2O4. The molecule has 1 aliphatic rings. The molecule has 4 aromatic rings. The third-order valence-corrected chi connectivity index (χ3v) is 7.09. The van der Waals surface area contributed by atoms with Crippen molar-refractivity contribution in [3.63, 3.8) is 0 Å². The number of rotatable bonds is 5. The van der Waals surface area contributed by atoms with Crippen molar-refractivity contribution in [1.29, 1.82) is 0 Å². The number of aryl methyl sites for hydroxylation is 1. The number of barbiturate groups is 1. The Labute approximate surface area is 233 Å². The van der Waals surface area contributed by atoms with E-state index in [1.165, 1.54) is 12.1 Å². The van der Waals surface area contributed by atoms with Crippen LogP contribution in [0.15, 0.2) is 78.4 Å². The van der Waals surface area contributed by atoms with Crippen LogP contribution in [0.1, 0.15) is 16.7 Å². The minimum Gasteiger partial charge on any atom is -0.488 e. The quantitative estimate of drug-likeness (QED) is 0.203. The molecule has 0 aliphatic carbocycles. The average Bonchev–Trinajstić information content (AvgIpc) is 2.89. The first-order valence-electron chi connectivity index (χ1n) is 11.5. The Hall–Kier alpha value is -3.84. The van der Waals surface area contributed by atoms with Crippen molar-refractivity contribution < 1.29 is 19.1 Å². The maximum absolute atomic E-state index is 13.6. The van der Waals surface area contributed by atoms with Crippen LogP contribution in [0, 0.1) is 6.92 Å². The molecule has 0 unspecified atom stereocenters. The number of fused-ring (bicyclic) bond motifs is 1. The fourth-order valence-electron chi connectivity index (χ4n) is 4.18. The van der Waals surface area contributed by atoms with Gasteiger partial charge in [0.25, 0.3) is 11.8 Å². The lowest BCUT2D eigenvalue weighted by Crippen LogP contribution is -2.54. The molecule has 1 N–H and O–H groups in total. The van der Waals surface area contributed by atoms with Crippen LogP contribution in [0.25, 0.3) is 16.8 Å². The molecule has 4 amide bonds. The van der Waals surface area contributed by atoms with E-state index in [-0.39, 0.29) is 17.9 Å². The van der Waals surface area contributed by atoms with Gasteiger partial charge in [-0.25, -0.2) is 9.69 Å². The van der Waals surface area contributed by atoms with Gasteiger partial charge in [-0.3, -0.25) is 14.9 Å². The van der Waals surface area contributed by atoms with E-state index >= 15 is 0 Å². The highest BCUT2D eigenvalue weighted by atomic mass is 35.5. The Bertz CT molecular complexity index is 1670. The molecule has 38 heavy (non-hydrogen) atoms. The highest BCUT2D eigenvalue weighted by Gasteiger charge is 2.37. The van der Waals surface area contributed by atoms with Gasteiger partial charge >= 0.3 is 6.03 Å². The monoisotopic (exact) mass is 564 g/mol. The van der Waals surface area contributed by atoms with E-state index in [0.717, 1.165) is 21.2 Å². The SMILES string of the molecule is Cc1ccc(Cl)cc1N1C(=O)NC(=O)/C(=C\c2c(OCc3ccc(Cl)c(Cl)c3)ccc3ccccc23)C1=O. The zero-order chi connectivity index (χ0) is 27.0. The molecule has 0 atom stereocenters. The molecule has 4 aromatic carbocycles. The second-order valence-electron chi connectivity index (χ2n) is 8.62. The lowest BCUT2D eigenvalue weighted by Gasteiger charge is -2.28. The second-order valence-corrected chi connectivity index (χ2v) is 9.88. The molecule has 1 aliphatic heterocycles. The highest BCUT2D eigenvalue weighted by molar-refractivity contribution is 6.42. The molecule has 9 heteroatoms. The molecule has 1 heterocycles. The van der Waals surface area contributed by atoms with Gasteiger partial charge in [-0.05, 0) is 65.2 Å². The summed E-state index contributed by atoms with van der Waals surface area (Å²) >= 11 is 18.3. The molecule has 0 spiro atoms. The predicted octanol–water partition coefficient (Wildman–Crippen LogP) is 7.35. The summed E-state index contributed by atoms with van der Waals surface area (Å²) in [6, 6.07) is 20.3. The summed E-state index contributed by atoms with van der Waals surface area (Å²) in [7, 11) is 0. The predicted molar refractivity (Wildman–Crippen MR) is 150 cm³/mol. The summed E-state index contributed by atoms with van der Waals surface area (Å²) in [6.45, 7) is 1.91. The number of ether oxygens (including phenoxy) is 1. The van der Waals surface area contributed by atoms with Gasteiger partial charge in [0.2, 0.25) is 0 Å². The molecule has 190 valence electrons. The number of imide groups is 2. The van der Waals surface area contributed by atoms with E-state index in [4.69, 9.17) is 39.5 Å². The van der Waals surface area contributed by atoms with Crippen LogP contribution in [-0.2, 0) is 16.2 Å². The Balaban J connectivity index is 1.59. The van der Waals surface area contributed by atoms with Gasteiger partial charge in [-0.15, -0.1) is 0 Å². The zero-order valence-electron chi connectivity index (χ0n) is 19.9. The van der Waals surface area contributed by atoms with Crippen LogP contribution in [0.5, 0.6) is 5.75 Å². The van der Waals surface area contributed by atoms with Gasteiger partial charge in [-0.1, -0.05) is 77.3 Å². The number of amides is 4. The lowest BCUT2D eigenvalue weighted by molar-refractivity contribution is -0.122. The number of carbonyl (C=O) groups is 3. The summed E-state index contributed by atoms with van der Waals surface area (Å²) in [5.41, 5.74) is 2.00. The van der Waals surface area contributed by atoms with E-state index in [2.05, 4.69) is 5.32 Å². The highest BCUT2D eigenvalue weighted by Crippen LogP contribution is 2.34. The number of carbonyl (C=O) groups excluding carboxylic acids is 3. The fraction of sp³-hybridized carbons (Fsp3) is 0.0690. The number of benzene rings is 4. The molecule has 0 bridgehead atoms. The third kappa shape index (κ3) is 4.98. The molecule has 0 saturated carbocycles. The smallest absolute Gasteiger partial charge is 0.335 e. The summed E-state index contributed by atoms with van der Waals surface area (Å²) < 4.78 is 6.12. The summed E-state index contributed by atoms with van der Waals surface area (Å²) in [5.74, 6) is -1.14. The first-order valence-corrected chi connectivity index (χ1v) is 12.6. The van der Waals surface area contributed by atoms with Crippen LogP contribution in [0.4, 0.5) is 10.5 Å². The number of hydrogen-bond acceptors (Lipinski definition) is 4. The second kappa shape index (κ2) is 10.5. The lowest BCUT2D eigenvalue weighted by atomic mass is 9.99. The van der Waals surface area contributed by atoms with E-state index < -0.39 is 17.8 Å². The Morgan fingerprint density at radius 1 is 0.895 bits per heavy atom. The minimum atomic E-state index is -0.850. The van der Waals surface area contributed by atoms with Crippen molar-refractivity contribution in [3.05, 3.63) is 110 Å². The average molecular weight is 566 g/mol. The van der Waals surface area contributed by atoms with Crippen LogP contribution in [-0.4, -0.2) is 17.8 Å². The topological polar surface area (TPSA) is 75.7 Å². The van der Waals surface area contributed by atoms with Gasteiger partial charge in [-0.2, -0.15) is 0 Å². The molecule has 0 aromatic heterocycles. The molecule has 5 rings (SSSR count). The number of nitrogens with zero attached hydrogens (tertiary/aromatic N) is 1. The largest absolute Gasteiger partial charge is 0.488 e. The standard InChI is InChI=1S/C29H19Cl3N2O4/c1-16-6-9-19(30)13-25(16)34-28(36)22(27(35)33-29(34)37)14-21-20-5-3-2-4-18(20)8-11-26(21)38-15-17-7-10-23(31)24(32)12-17/h2-14H,15H2,1H3,(H,33,35,37)/b22-14+. The van der Waals surface area contributed by atoms with E-state index in [9.17, 15) is 14.4 Å². The van der Waals surface area contributed by atoms with Crippen LogP contribution < -0.4 is 15.0 Å². The number of hydrogen-bond donors (Lipinski definition) is 1. The number of halogens is 3. The zero-order valence-corrected chi connectivity index (χ0v) is 22.2. The van der Waals surface area contributed by atoms with Crippen molar-refractivity contribution in [1.82, 2.24) is 5.32 Å². The van der Waals surface area contributed by atoms with E-state index in [1.54, 1.807) is 43.3 Å². The van der Waals surface area contributed by atoms with Crippen LogP contribution in [0.2, 0.25) is 15.1 Å². The van der Waals surface area contributed by atoms with Gasteiger partial charge in [0.1, 0.15) is 17.9 Å². The van der Waals surface area contributed by atoms with E-state index in [1.807, 2.05) is 30.3 Å². The number of anilines is 1.